The number of halogens is 1. The van der Waals surface area contributed by atoms with Crippen molar-refractivity contribution in [2.24, 2.45) is 0 Å². The Labute approximate surface area is 124 Å². The second kappa shape index (κ2) is 6.75. The molecule has 0 heterocycles. The third kappa shape index (κ3) is 5.61. The van der Waals surface area contributed by atoms with E-state index in [1.54, 1.807) is 31.2 Å². The van der Waals surface area contributed by atoms with Gasteiger partial charge >= 0.3 is 5.97 Å². The number of carbonyl (C=O) groups excluding carboxylic acids is 2. The van der Waals surface area contributed by atoms with Crippen molar-refractivity contribution in [2.75, 3.05) is 0 Å². The van der Waals surface area contributed by atoms with Crippen LogP contribution in [0.4, 0.5) is 0 Å². The van der Waals surface area contributed by atoms with E-state index in [-0.39, 0.29) is 17.9 Å². The average Bonchev–Trinajstić information content (AvgIpc) is 2.29. The molecule has 1 amide bonds. The number of rotatable bonds is 4. The van der Waals surface area contributed by atoms with E-state index in [0.717, 1.165) is 0 Å². The van der Waals surface area contributed by atoms with Crippen LogP contribution in [0.3, 0.4) is 0 Å². The van der Waals surface area contributed by atoms with E-state index in [9.17, 15) is 9.59 Å². The Morgan fingerprint density at radius 3 is 2.45 bits per heavy atom. The Morgan fingerprint density at radius 2 is 1.90 bits per heavy atom. The maximum absolute atomic E-state index is 11.8. The molecule has 0 bridgehead atoms. The Morgan fingerprint density at radius 1 is 1.30 bits per heavy atom. The maximum Gasteiger partial charge on any atom is 0.311 e. The van der Waals surface area contributed by atoms with Crippen LogP contribution in [0, 0.1) is 0 Å². The summed E-state index contributed by atoms with van der Waals surface area (Å²) in [6.45, 7) is 7.14. The van der Waals surface area contributed by atoms with Gasteiger partial charge in [-0.1, -0.05) is 29.8 Å². The van der Waals surface area contributed by atoms with Crippen molar-refractivity contribution in [3.05, 3.63) is 34.9 Å². The molecule has 0 spiro atoms. The van der Waals surface area contributed by atoms with E-state index in [1.807, 2.05) is 20.8 Å². The molecule has 110 valence electrons. The molecular weight excluding hydrogens is 278 g/mol. The maximum atomic E-state index is 11.8. The zero-order valence-corrected chi connectivity index (χ0v) is 13.0. The number of benzene rings is 1. The molecule has 1 aromatic carbocycles. The summed E-state index contributed by atoms with van der Waals surface area (Å²) in [6, 6.07) is 7.05. The normalized spacial score (nSPS) is 12.7. The summed E-state index contributed by atoms with van der Waals surface area (Å²) in [4.78, 5) is 23.6. The van der Waals surface area contributed by atoms with Gasteiger partial charge in [0.25, 0.3) is 5.91 Å². The smallest absolute Gasteiger partial charge is 0.311 e. The minimum absolute atomic E-state index is 0.0484. The highest BCUT2D eigenvalue weighted by atomic mass is 35.5. The third-order valence-electron chi connectivity index (χ3n) is 2.47. The van der Waals surface area contributed by atoms with Gasteiger partial charge in [0.15, 0.2) is 6.10 Å². The van der Waals surface area contributed by atoms with Gasteiger partial charge in [0, 0.05) is 10.6 Å². The second-order valence-corrected chi connectivity index (χ2v) is 6.05. The first kappa shape index (κ1) is 16.5. The summed E-state index contributed by atoms with van der Waals surface area (Å²) in [6.07, 6.45) is -0.781. The monoisotopic (exact) mass is 297 g/mol. The van der Waals surface area contributed by atoms with Crippen molar-refractivity contribution in [1.29, 1.82) is 0 Å². The molecule has 1 rings (SSSR count). The summed E-state index contributed by atoms with van der Waals surface area (Å²) >= 11 is 5.97. The summed E-state index contributed by atoms with van der Waals surface area (Å²) < 4.78 is 5.11. The van der Waals surface area contributed by atoms with E-state index in [4.69, 9.17) is 16.3 Å². The molecule has 0 aliphatic heterocycles. The molecule has 1 atom stereocenters. The number of carbonyl (C=O) groups is 2. The highest BCUT2D eigenvalue weighted by Crippen LogP contribution is 2.16. The second-order valence-electron chi connectivity index (χ2n) is 5.64. The molecule has 0 aliphatic rings. The lowest BCUT2D eigenvalue weighted by Gasteiger charge is -2.23. The zero-order chi connectivity index (χ0) is 15.3. The van der Waals surface area contributed by atoms with Crippen LogP contribution < -0.4 is 5.32 Å². The first-order valence-corrected chi connectivity index (χ1v) is 6.82. The van der Waals surface area contributed by atoms with E-state index < -0.39 is 12.1 Å². The Bertz CT molecular complexity index is 494. The van der Waals surface area contributed by atoms with Crippen molar-refractivity contribution >= 4 is 23.5 Å². The fourth-order valence-corrected chi connectivity index (χ4v) is 1.76. The largest absolute Gasteiger partial charge is 0.452 e. The van der Waals surface area contributed by atoms with Crippen LogP contribution in [0.25, 0.3) is 0 Å². The van der Waals surface area contributed by atoms with Crippen molar-refractivity contribution in [3.8, 4) is 0 Å². The number of hydrogen-bond acceptors (Lipinski definition) is 3. The number of hydrogen-bond donors (Lipinski definition) is 1. The lowest BCUT2D eigenvalue weighted by Crippen LogP contribution is -2.46. The fraction of sp³-hybridized carbons (Fsp3) is 0.467. The molecule has 4 nitrogen and oxygen atoms in total. The SMILES string of the molecule is CC(OC(=O)Cc1ccccc1Cl)C(=O)NC(C)(C)C. The molecule has 0 fully saturated rings. The number of ether oxygens (including phenoxy) is 1. The first-order valence-electron chi connectivity index (χ1n) is 6.44. The lowest BCUT2D eigenvalue weighted by atomic mass is 10.1. The van der Waals surface area contributed by atoms with Gasteiger partial charge in [0.2, 0.25) is 0 Å². The summed E-state index contributed by atoms with van der Waals surface area (Å²) in [7, 11) is 0. The standard InChI is InChI=1S/C15H20ClNO3/c1-10(14(19)17-15(2,3)4)20-13(18)9-11-7-5-6-8-12(11)16/h5-8,10H,9H2,1-4H3,(H,17,19). The van der Waals surface area contributed by atoms with Crippen LogP contribution in [0.5, 0.6) is 0 Å². The van der Waals surface area contributed by atoms with E-state index >= 15 is 0 Å². The molecule has 1 N–H and O–H groups in total. The van der Waals surface area contributed by atoms with Crippen LogP contribution in [0.2, 0.25) is 5.02 Å². The predicted molar refractivity (Wildman–Crippen MR) is 78.6 cm³/mol. The Balaban J connectivity index is 2.54. The summed E-state index contributed by atoms with van der Waals surface area (Å²) in [5.41, 5.74) is 0.322. The highest BCUT2D eigenvalue weighted by molar-refractivity contribution is 6.31. The minimum atomic E-state index is -0.829. The molecule has 0 aliphatic carbocycles. The van der Waals surface area contributed by atoms with Gasteiger partial charge in [-0.15, -0.1) is 0 Å². The van der Waals surface area contributed by atoms with Gasteiger partial charge in [-0.3, -0.25) is 9.59 Å². The predicted octanol–water partition coefficient (Wildman–Crippen LogP) is 2.73. The molecule has 1 unspecified atom stereocenters. The topological polar surface area (TPSA) is 55.4 Å². The van der Waals surface area contributed by atoms with Gasteiger partial charge in [-0.25, -0.2) is 0 Å². The molecule has 0 saturated carbocycles. The molecule has 20 heavy (non-hydrogen) atoms. The third-order valence-corrected chi connectivity index (χ3v) is 2.84. The van der Waals surface area contributed by atoms with Gasteiger partial charge in [0.1, 0.15) is 0 Å². The molecule has 0 radical (unpaired) electrons. The van der Waals surface area contributed by atoms with Crippen LogP contribution in [-0.4, -0.2) is 23.5 Å². The summed E-state index contributed by atoms with van der Waals surface area (Å²) in [5.74, 6) is -0.792. The number of esters is 1. The molecule has 0 aromatic heterocycles. The van der Waals surface area contributed by atoms with Crippen molar-refractivity contribution in [3.63, 3.8) is 0 Å². The first-order chi connectivity index (χ1) is 9.19. The number of nitrogens with one attached hydrogen (secondary N) is 1. The highest BCUT2D eigenvalue weighted by Gasteiger charge is 2.22. The molecular formula is C15H20ClNO3. The minimum Gasteiger partial charge on any atom is -0.452 e. The average molecular weight is 298 g/mol. The van der Waals surface area contributed by atoms with Gasteiger partial charge in [0.05, 0.1) is 6.42 Å². The summed E-state index contributed by atoms with van der Waals surface area (Å²) in [5, 5.41) is 3.27. The molecule has 5 heteroatoms. The Kier molecular flexibility index (Phi) is 5.57. The fourth-order valence-electron chi connectivity index (χ4n) is 1.56. The van der Waals surface area contributed by atoms with E-state index in [0.29, 0.717) is 10.6 Å². The van der Waals surface area contributed by atoms with Crippen LogP contribution in [0.15, 0.2) is 24.3 Å². The number of amides is 1. The van der Waals surface area contributed by atoms with Crippen molar-refractivity contribution < 1.29 is 14.3 Å². The zero-order valence-electron chi connectivity index (χ0n) is 12.2. The van der Waals surface area contributed by atoms with Gasteiger partial charge < -0.3 is 10.1 Å². The van der Waals surface area contributed by atoms with Gasteiger partial charge in [-0.2, -0.15) is 0 Å². The van der Waals surface area contributed by atoms with Crippen LogP contribution >= 0.6 is 11.6 Å². The molecule has 1 aromatic rings. The van der Waals surface area contributed by atoms with Crippen LogP contribution in [0.1, 0.15) is 33.3 Å². The van der Waals surface area contributed by atoms with E-state index in [2.05, 4.69) is 5.32 Å². The Hall–Kier alpha value is -1.55. The van der Waals surface area contributed by atoms with Crippen LogP contribution in [-0.2, 0) is 20.7 Å². The van der Waals surface area contributed by atoms with Crippen molar-refractivity contribution in [1.82, 2.24) is 5.32 Å². The molecule has 0 saturated heterocycles. The van der Waals surface area contributed by atoms with E-state index in [1.165, 1.54) is 0 Å². The van der Waals surface area contributed by atoms with Crippen molar-refractivity contribution in [2.45, 2.75) is 45.8 Å². The quantitative estimate of drug-likeness (QED) is 0.869. The lowest BCUT2D eigenvalue weighted by molar-refractivity contribution is -0.154. The van der Waals surface area contributed by atoms with Gasteiger partial charge in [-0.05, 0) is 39.3 Å².